The van der Waals surface area contributed by atoms with Gasteiger partial charge >= 0.3 is 0 Å². The zero-order chi connectivity index (χ0) is 5.70. The molecule has 0 bridgehead atoms. The van der Waals surface area contributed by atoms with Crippen LogP contribution in [0.25, 0.3) is 0 Å². The molecule has 7 heavy (non-hydrogen) atoms. The minimum Gasteiger partial charge on any atom is -0.372 e. The van der Waals surface area contributed by atoms with Crippen LogP contribution in [0.3, 0.4) is 0 Å². The summed E-state index contributed by atoms with van der Waals surface area (Å²) in [6.07, 6.45) is 2.78. The molecule has 0 heterocycles. The average molecular weight is 102 g/mol. The summed E-state index contributed by atoms with van der Waals surface area (Å²) >= 11 is 0. The fraction of sp³-hybridized carbons (Fsp3) is 0.800. The third kappa shape index (κ3) is 5.92. The lowest BCUT2D eigenvalue weighted by Crippen LogP contribution is -2.06. The molecule has 0 aliphatic rings. The highest BCUT2D eigenvalue weighted by molar-refractivity contribution is 4.62. The quantitative estimate of drug-likeness (QED) is 0.558. The minimum atomic E-state index is 0.0573. The molecule has 2 nitrogen and oxygen atoms in total. The van der Waals surface area contributed by atoms with Crippen molar-refractivity contribution >= 4 is 0 Å². The second-order valence-electron chi connectivity index (χ2n) is 1.59. The lowest BCUT2D eigenvalue weighted by atomic mass is 10.2. The Kier molecular flexibility index (Phi) is 4.04. The van der Waals surface area contributed by atoms with Gasteiger partial charge < -0.3 is 10.8 Å². The number of hydrogen-bond acceptors (Lipinski definition) is 2. The maximum absolute atomic E-state index is 8.38. The summed E-state index contributed by atoms with van der Waals surface area (Å²) in [5.41, 5.74) is 4.95. The van der Waals surface area contributed by atoms with Crippen LogP contribution < -0.4 is 5.73 Å². The first kappa shape index (κ1) is 6.92. The monoisotopic (exact) mass is 102 g/mol. The maximum atomic E-state index is 8.38. The summed E-state index contributed by atoms with van der Waals surface area (Å²) < 4.78 is 0. The van der Waals surface area contributed by atoms with Gasteiger partial charge in [0.2, 0.25) is 0 Å². The van der Waals surface area contributed by atoms with Gasteiger partial charge in [-0.05, 0) is 12.8 Å². The summed E-state index contributed by atoms with van der Waals surface area (Å²) in [4.78, 5) is 0. The van der Waals surface area contributed by atoms with Crippen LogP contribution in [-0.4, -0.2) is 5.11 Å². The molecule has 0 saturated heterocycles. The predicted molar refractivity (Wildman–Crippen MR) is 28.9 cm³/mol. The number of hydrogen-bond donors (Lipinski definition) is 2. The number of unbranched alkanes of at least 4 members (excludes halogenated alkanes) is 1. The van der Waals surface area contributed by atoms with Crippen LogP contribution in [0.15, 0.2) is 0 Å². The van der Waals surface area contributed by atoms with Crippen molar-refractivity contribution in [3.05, 3.63) is 6.23 Å². The molecular weight excluding hydrogens is 90.1 g/mol. The zero-order valence-corrected chi connectivity index (χ0v) is 4.65. The molecule has 1 radical (unpaired) electrons. The highest BCUT2D eigenvalue weighted by Gasteiger charge is 1.92. The lowest BCUT2D eigenvalue weighted by Gasteiger charge is -1.96. The van der Waals surface area contributed by atoms with Crippen molar-refractivity contribution in [2.75, 3.05) is 0 Å². The first-order valence-corrected chi connectivity index (χ1v) is 2.57. The minimum absolute atomic E-state index is 0.0573. The molecule has 0 aromatic rings. The van der Waals surface area contributed by atoms with Crippen molar-refractivity contribution in [2.45, 2.75) is 26.2 Å². The van der Waals surface area contributed by atoms with Crippen molar-refractivity contribution in [1.82, 2.24) is 0 Å². The molecule has 0 fully saturated rings. The molecular formula is C5H12NO. The molecule has 0 aromatic carbocycles. The van der Waals surface area contributed by atoms with Gasteiger partial charge in [0.25, 0.3) is 0 Å². The van der Waals surface area contributed by atoms with E-state index >= 15 is 0 Å². The molecule has 0 amide bonds. The molecule has 0 aromatic heterocycles. The van der Waals surface area contributed by atoms with E-state index in [2.05, 4.69) is 6.92 Å². The average Bonchev–Trinajstić information content (AvgIpc) is 1.61. The molecule has 0 aliphatic carbocycles. The Morgan fingerprint density at radius 1 is 1.71 bits per heavy atom. The zero-order valence-electron chi connectivity index (χ0n) is 4.65. The smallest absolute Gasteiger partial charge is 0.155 e. The van der Waals surface area contributed by atoms with E-state index in [1.165, 1.54) is 0 Å². The Labute approximate surface area is 44.3 Å². The summed E-state index contributed by atoms with van der Waals surface area (Å²) in [6.45, 7) is 2.06. The van der Waals surface area contributed by atoms with Crippen molar-refractivity contribution in [1.29, 1.82) is 0 Å². The Morgan fingerprint density at radius 2 is 2.29 bits per heavy atom. The summed E-state index contributed by atoms with van der Waals surface area (Å²) in [7, 11) is 0. The van der Waals surface area contributed by atoms with E-state index in [-0.39, 0.29) is 6.23 Å². The van der Waals surface area contributed by atoms with E-state index in [1.807, 2.05) is 0 Å². The molecule has 0 unspecified atom stereocenters. The highest BCUT2D eigenvalue weighted by atomic mass is 16.3. The predicted octanol–water partition coefficient (Wildman–Crippen LogP) is 0.997. The largest absolute Gasteiger partial charge is 0.372 e. The third-order valence-corrected chi connectivity index (χ3v) is 0.786. The molecule has 43 valence electrons. The van der Waals surface area contributed by atoms with Gasteiger partial charge in [-0.15, -0.1) is 0 Å². The number of nitrogens with two attached hydrogens (primary N) is 1. The number of aliphatic hydroxyl groups excluding tert-OH is 1. The van der Waals surface area contributed by atoms with Crippen molar-refractivity contribution < 1.29 is 5.11 Å². The molecule has 0 atom stereocenters. The van der Waals surface area contributed by atoms with E-state index in [9.17, 15) is 0 Å². The Bertz CT molecular complexity index is 37.1. The summed E-state index contributed by atoms with van der Waals surface area (Å²) in [6, 6.07) is 0. The fourth-order valence-electron chi connectivity index (χ4n) is 0.358. The molecule has 0 saturated carbocycles. The van der Waals surface area contributed by atoms with Crippen molar-refractivity contribution in [2.24, 2.45) is 5.73 Å². The molecule has 3 N–H and O–H groups in total. The van der Waals surface area contributed by atoms with Gasteiger partial charge in [0, 0.05) is 0 Å². The second kappa shape index (κ2) is 4.09. The van der Waals surface area contributed by atoms with Gasteiger partial charge in [-0.2, -0.15) is 0 Å². The van der Waals surface area contributed by atoms with Crippen LogP contribution in [0.4, 0.5) is 0 Å². The standard InChI is InChI=1S/C5H12NO/c1-2-3-4-5(6)7/h7H,2-4,6H2,1H3. The first-order valence-electron chi connectivity index (χ1n) is 2.57. The van der Waals surface area contributed by atoms with Crippen LogP contribution in [0, 0.1) is 6.23 Å². The van der Waals surface area contributed by atoms with E-state index in [4.69, 9.17) is 10.8 Å². The van der Waals surface area contributed by atoms with Gasteiger partial charge in [0.05, 0.1) is 0 Å². The lowest BCUT2D eigenvalue weighted by molar-refractivity contribution is 0.281. The maximum Gasteiger partial charge on any atom is 0.155 e. The summed E-state index contributed by atoms with van der Waals surface area (Å²) in [5.74, 6) is 0. The van der Waals surface area contributed by atoms with Crippen LogP contribution in [0.2, 0.25) is 0 Å². The molecule has 2 heteroatoms. The van der Waals surface area contributed by atoms with Crippen molar-refractivity contribution in [3.8, 4) is 0 Å². The third-order valence-electron chi connectivity index (χ3n) is 0.786. The highest BCUT2D eigenvalue weighted by Crippen LogP contribution is 1.98. The fourth-order valence-corrected chi connectivity index (χ4v) is 0.358. The van der Waals surface area contributed by atoms with Gasteiger partial charge in [-0.25, -0.2) is 0 Å². The van der Waals surface area contributed by atoms with Crippen LogP contribution in [0.1, 0.15) is 26.2 Å². The Hall–Kier alpha value is -0.0800. The van der Waals surface area contributed by atoms with Crippen LogP contribution in [0.5, 0.6) is 0 Å². The van der Waals surface area contributed by atoms with Crippen LogP contribution >= 0.6 is 0 Å². The Morgan fingerprint density at radius 3 is 2.43 bits per heavy atom. The van der Waals surface area contributed by atoms with Gasteiger partial charge in [0.1, 0.15) is 0 Å². The van der Waals surface area contributed by atoms with Crippen molar-refractivity contribution in [3.63, 3.8) is 0 Å². The number of rotatable bonds is 3. The van der Waals surface area contributed by atoms with Gasteiger partial charge in [-0.1, -0.05) is 13.3 Å². The SMILES string of the molecule is CCCC[C](N)O. The van der Waals surface area contributed by atoms with Gasteiger partial charge in [-0.3, -0.25) is 0 Å². The second-order valence-corrected chi connectivity index (χ2v) is 1.59. The molecule has 0 spiro atoms. The molecule has 0 aliphatic heterocycles. The van der Waals surface area contributed by atoms with E-state index in [0.717, 1.165) is 12.8 Å². The van der Waals surface area contributed by atoms with Gasteiger partial charge in [0.15, 0.2) is 6.23 Å². The Balaban J connectivity index is 2.68. The van der Waals surface area contributed by atoms with Crippen LogP contribution in [-0.2, 0) is 0 Å². The summed E-state index contributed by atoms with van der Waals surface area (Å²) in [5, 5.41) is 8.38. The van der Waals surface area contributed by atoms with E-state index in [1.54, 1.807) is 0 Å². The van der Waals surface area contributed by atoms with E-state index < -0.39 is 0 Å². The topological polar surface area (TPSA) is 46.2 Å². The first-order chi connectivity index (χ1) is 3.27. The molecule has 0 rings (SSSR count). The van der Waals surface area contributed by atoms with E-state index in [0.29, 0.717) is 6.42 Å². The number of aliphatic hydroxyl groups is 1. The normalized spacial score (nSPS) is 10.3.